The summed E-state index contributed by atoms with van der Waals surface area (Å²) in [6, 6.07) is 8.99. The molecule has 0 aliphatic carbocycles. The number of para-hydroxylation sites is 1. The van der Waals surface area contributed by atoms with Crippen LogP contribution < -0.4 is 5.73 Å². The Kier molecular flexibility index (Phi) is 4.62. The number of nitrogen functional groups attached to an aromatic ring is 1. The summed E-state index contributed by atoms with van der Waals surface area (Å²) in [6.07, 6.45) is 3.80. The fourth-order valence-electron chi connectivity index (χ4n) is 1.87. The van der Waals surface area contributed by atoms with Crippen molar-refractivity contribution in [2.75, 3.05) is 12.3 Å². The van der Waals surface area contributed by atoms with E-state index in [4.69, 9.17) is 10.5 Å². The molecule has 1 aromatic carbocycles. The van der Waals surface area contributed by atoms with E-state index in [1.54, 1.807) is 0 Å². The first-order chi connectivity index (χ1) is 9.46. The van der Waals surface area contributed by atoms with E-state index in [9.17, 15) is 0 Å². The summed E-state index contributed by atoms with van der Waals surface area (Å²) in [4.78, 5) is 0. The summed E-state index contributed by atoms with van der Waals surface area (Å²) in [6.45, 7) is 8.34. The molecule has 0 bridgehead atoms. The lowest BCUT2D eigenvalue weighted by Crippen LogP contribution is -2.22. The monoisotopic (exact) mass is 289 g/mol. The molecular weight excluding hydrogens is 266 g/mol. The van der Waals surface area contributed by atoms with E-state index in [1.807, 2.05) is 41.3 Å². The minimum absolute atomic E-state index is 0.497. The van der Waals surface area contributed by atoms with Gasteiger partial charge in [-0.15, -0.1) is 0 Å². The number of hydrogen-bond acceptors (Lipinski definition) is 3. The van der Waals surface area contributed by atoms with Gasteiger partial charge in [0.15, 0.2) is 0 Å². The van der Waals surface area contributed by atoms with Crippen LogP contribution in [0.1, 0.15) is 0 Å². The maximum absolute atomic E-state index is 5.97. The van der Waals surface area contributed by atoms with Gasteiger partial charge in [-0.1, -0.05) is 37.8 Å². The second kappa shape index (κ2) is 6.24. The van der Waals surface area contributed by atoms with Crippen LogP contribution in [0.2, 0.25) is 25.7 Å². The first-order valence-corrected chi connectivity index (χ1v) is 10.6. The van der Waals surface area contributed by atoms with Crippen LogP contribution in [0.4, 0.5) is 5.69 Å². The number of aromatic nitrogens is 2. The highest BCUT2D eigenvalue weighted by atomic mass is 28.3. The predicted molar refractivity (Wildman–Crippen MR) is 86.2 cm³/mol. The molecule has 0 unspecified atom stereocenters. The largest absolute Gasteiger partial charge is 0.398 e. The van der Waals surface area contributed by atoms with Gasteiger partial charge in [-0.3, -0.25) is 0 Å². The van der Waals surface area contributed by atoms with Crippen molar-refractivity contribution < 1.29 is 4.74 Å². The molecule has 0 aliphatic rings. The van der Waals surface area contributed by atoms with Crippen molar-refractivity contribution in [3.8, 4) is 11.1 Å². The number of anilines is 1. The number of hydrogen-bond donors (Lipinski definition) is 1. The summed E-state index contributed by atoms with van der Waals surface area (Å²) in [5.41, 5.74) is 8.78. The van der Waals surface area contributed by atoms with Crippen LogP contribution in [0.5, 0.6) is 0 Å². The van der Waals surface area contributed by atoms with Gasteiger partial charge in [-0.2, -0.15) is 5.10 Å². The van der Waals surface area contributed by atoms with Crippen molar-refractivity contribution in [3.05, 3.63) is 36.7 Å². The molecule has 5 heteroatoms. The predicted octanol–water partition coefficient (Wildman–Crippen LogP) is 3.44. The van der Waals surface area contributed by atoms with Gasteiger partial charge >= 0.3 is 0 Å². The third kappa shape index (κ3) is 4.21. The standard InChI is InChI=1S/C15H23N3OSi/c1-20(2,3)9-8-19-12-18-11-13(10-17-18)14-6-4-5-7-15(14)16/h4-7,10-11H,8-9,12,16H2,1-3H3. The van der Waals surface area contributed by atoms with Crippen molar-refractivity contribution in [1.29, 1.82) is 0 Å². The molecule has 20 heavy (non-hydrogen) atoms. The van der Waals surface area contributed by atoms with Crippen LogP contribution >= 0.6 is 0 Å². The molecule has 108 valence electrons. The lowest BCUT2D eigenvalue weighted by atomic mass is 10.1. The van der Waals surface area contributed by atoms with E-state index in [0.29, 0.717) is 6.73 Å². The van der Waals surface area contributed by atoms with Crippen molar-refractivity contribution >= 4 is 13.8 Å². The fraction of sp³-hybridized carbons (Fsp3) is 0.400. The molecule has 2 aromatic rings. The maximum atomic E-state index is 5.97. The van der Waals surface area contributed by atoms with Crippen molar-refractivity contribution in [3.63, 3.8) is 0 Å². The minimum atomic E-state index is -1.02. The second-order valence-electron chi connectivity index (χ2n) is 6.20. The number of nitrogens with two attached hydrogens (primary N) is 1. The highest BCUT2D eigenvalue weighted by Gasteiger charge is 2.12. The summed E-state index contributed by atoms with van der Waals surface area (Å²) >= 11 is 0. The Balaban J connectivity index is 1.92. The van der Waals surface area contributed by atoms with Crippen LogP contribution in [-0.2, 0) is 11.5 Å². The normalized spacial score (nSPS) is 11.8. The molecule has 4 nitrogen and oxygen atoms in total. The Bertz CT molecular complexity index is 560. The molecule has 1 aromatic heterocycles. The van der Waals surface area contributed by atoms with E-state index in [0.717, 1.165) is 23.4 Å². The molecule has 0 amide bonds. The highest BCUT2D eigenvalue weighted by Crippen LogP contribution is 2.24. The molecule has 0 aliphatic heterocycles. The molecule has 0 saturated carbocycles. The van der Waals surface area contributed by atoms with Crippen LogP contribution in [0.25, 0.3) is 11.1 Å². The zero-order valence-corrected chi connectivity index (χ0v) is 13.5. The maximum Gasteiger partial charge on any atom is 0.139 e. The summed E-state index contributed by atoms with van der Waals surface area (Å²) in [5, 5.41) is 4.32. The van der Waals surface area contributed by atoms with Gasteiger partial charge in [0.05, 0.1) is 6.20 Å². The van der Waals surface area contributed by atoms with E-state index >= 15 is 0 Å². The molecule has 0 radical (unpaired) electrons. The molecule has 0 atom stereocenters. The lowest BCUT2D eigenvalue weighted by Gasteiger charge is -2.15. The quantitative estimate of drug-likeness (QED) is 0.503. The van der Waals surface area contributed by atoms with Gasteiger partial charge in [0.25, 0.3) is 0 Å². The second-order valence-corrected chi connectivity index (χ2v) is 11.8. The molecule has 1 heterocycles. The summed E-state index contributed by atoms with van der Waals surface area (Å²) < 4.78 is 7.49. The first-order valence-electron chi connectivity index (χ1n) is 6.91. The first kappa shape index (κ1) is 14.8. The Hall–Kier alpha value is -1.59. The summed E-state index contributed by atoms with van der Waals surface area (Å²) in [5.74, 6) is 0. The highest BCUT2D eigenvalue weighted by molar-refractivity contribution is 6.76. The van der Waals surface area contributed by atoms with Gasteiger partial charge in [0.1, 0.15) is 6.73 Å². The zero-order valence-electron chi connectivity index (χ0n) is 12.5. The SMILES string of the molecule is C[Si](C)(C)CCOCn1cc(-c2ccccc2N)cn1. The number of rotatable bonds is 6. The van der Waals surface area contributed by atoms with Gasteiger partial charge in [0, 0.05) is 37.7 Å². The molecule has 0 fully saturated rings. The molecule has 2 N–H and O–H groups in total. The van der Waals surface area contributed by atoms with Gasteiger partial charge in [0.2, 0.25) is 0 Å². The number of ether oxygens (including phenoxy) is 1. The Morgan fingerprint density at radius 3 is 2.70 bits per heavy atom. The van der Waals surface area contributed by atoms with Crippen LogP contribution in [-0.4, -0.2) is 24.5 Å². The lowest BCUT2D eigenvalue weighted by molar-refractivity contribution is 0.0786. The van der Waals surface area contributed by atoms with Gasteiger partial charge < -0.3 is 10.5 Å². The van der Waals surface area contributed by atoms with Gasteiger partial charge in [-0.05, 0) is 12.1 Å². The van der Waals surface area contributed by atoms with Crippen LogP contribution in [0.3, 0.4) is 0 Å². The molecule has 0 spiro atoms. The van der Waals surface area contributed by atoms with E-state index < -0.39 is 8.07 Å². The Labute approximate surface area is 121 Å². The Morgan fingerprint density at radius 1 is 1.25 bits per heavy atom. The third-order valence-electron chi connectivity index (χ3n) is 3.12. The van der Waals surface area contributed by atoms with E-state index in [-0.39, 0.29) is 0 Å². The minimum Gasteiger partial charge on any atom is -0.398 e. The zero-order chi connectivity index (χ0) is 14.6. The third-order valence-corrected chi connectivity index (χ3v) is 4.83. The average Bonchev–Trinajstić information content (AvgIpc) is 2.83. The topological polar surface area (TPSA) is 53.1 Å². The van der Waals surface area contributed by atoms with E-state index in [1.165, 1.54) is 6.04 Å². The molecule has 2 rings (SSSR count). The van der Waals surface area contributed by atoms with Crippen molar-refractivity contribution in [2.24, 2.45) is 0 Å². The van der Waals surface area contributed by atoms with Gasteiger partial charge in [-0.25, -0.2) is 4.68 Å². The van der Waals surface area contributed by atoms with Crippen LogP contribution in [0, 0.1) is 0 Å². The summed E-state index contributed by atoms with van der Waals surface area (Å²) in [7, 11) is -1.02. The molecule has 0 saturated heterocycles. The van der Waals surface area contributed by atoms with Crippen molar-refractivity contribution in [1.82, 2.24) is 9.78 Å². The van der Waals surface area contributed by atoms with Crippen molar-refractivity contribution in [2.45, 2.75) is 32.4 Å². The number of benzene rings is 1. The fourth-order valence-corrected chi connectivity index (χ4v) is 2.63. The average molecular weight is 289 g/mol. The van der Waals surface area contributed by atoms with E-state index in [2.05, 4.69) is 24.7 Å². The Morgan fingerprint density at radius 2 is 2.00 bits per heavy atom. The van der Waals surface area contributed by atoms with Crippen LogP contribution in [0.15, 0.2) is 36.7 Å². The number of nitrogens with zero attached hydrogens (tertiary/aromatic N) is 2. The smallest absolute Gasteiger partial charge is 0.139 e. The molecular formula is C15H23N3OSi.